The number of hydrogen-bond acceptors (Lipinski definition) is 4. The van der Waals surface area contributed by atoms with Crippen LogP contribution in [-0.4, -0.2) is 8.42 Å². The first-order valence-electron chi connectivity index (χ1n) is 4.79. The number of halogens is 1. The van der Waals surface area contributed by atoms with E-state index in [1.165, 1.54) is 18.2 Å². The number of anilines is 1. The second-order valence-electron chi connectivity index (χ2n) is 3.36. The van der Waals surface area contributed by atoms with Crippen LogP contribution in [0.1, 0.15) is 5.56 Å². The van der Waals surface area contributed by atoms with Gasteiger partial charge < -0.3 is 0 Å². The maximum atomic E-state index is 12.0. The average Bonchev–Trinajstić information content (AvgIpc) is 2.76. The van der Waals surface area contributed by atoms with Gasteiger partial charge in [-0.3, -0.25) is 4.72 Å². The quantitative estimate of drug-likeness (QED) is 0.946. The molecule has 0 amide bonds. The number of thiophene rings is 1. The third-order valence-electron chi connectivity index (χ3n) is 2.06. The summed E-state index contributed by atoms with van der Waals surface area (Å²) < 4.78 is 26.9. The Balaban J connectivity index is 2.31. The molecule has 0 fully saturated rings. The lowest BCUT2D eigenvalue weighted by molar-refractivity contribution is 0.603. The van der Waals surface area contributed by atoms with Crippen LogP contribution >= 0.6 is 22.9 Å². The van der Waals surface area contributed by atoms with E-state index in [9.17, 15) is 8.42 Å². The first kappa shape index (κ1) is 12.9. The van der Waals surface area contributed by atoms with Gasteiger partial charge in [0.1, 0.15) is 4.21 Å². The largest absolute Gasteiger partial charge is 0.279 e. The Bertz CT molecular complexity index is 717. The van der Waals surface area contributed by atoms with Crippen molar-refractivity contribution < 1.29 is 8.42 Å². The van der Waals surface area contributed by atoms with Gasteiger partial charge in [0.25, 0.3) is 10.0 Å². The Kier molecular flexibility index (Phi) is 3.57. The molecule has 92 valence electrons. The lowest BCUT2D eigenvalue weighted by Gasteiger charge is -2.05. The smallest absolute Gasteiger partial charge is 0.271 e. The summed E-state index contributed by atoms with van der Waals surface area (Å²) in [6, 6.07) is 11.1. The van der Waals surface area contributed by atoms with Gasteiger partial charge in [0.2, 0.25) is 0 Å². The zero-order chi connectivity index (χ0) is 13.2. The van der Waals surface area contributed by atoms with Crippen molar-refractivity contribution in [1.82, 2.24) is 0 Å². The molecule has 7 heteroatoms. The van der Waals surface area contributed by atoms with Gasteiger partial charge in [0.15, 0.2) is 0 Å². The maximum Gasteiger partial charge on any atom is 0.271 e. The molecule has 0 aliphatic heterocycles. The molecule has 18 heavy (non-hydrogen) atoms. The molecule has 0 aliphatic rings. The molecule has 0 bridgehead atoms. The van der Waals surface area contributed by atoms with E-state index in [0.717, 1.165) is 11.3 Å². The van der Waals surface area contributed by atoms with E-state index in [4.69, 9.17) is 16.9 Å². The first-order chi connectivity index (χ1) is 8.51. The Morgan fingerprint density at radius 1 is 1.28 bits per heavy atom. The van der Waals surface area contributed by atoms with Crippen molar-refractivity contribution in [2.24, 2.45) is 0 Å². The monoisotopic (exact) mass is 298 g/mol. The minimum absolute atomic E-state index is 0.134. The molecule has 2 aromatic rings. The Hall–Kier alpha value is -1.55. The van der Waals surface area contributed by atoms with E-state index >= 15 is 0 Å². The lowest BCUT2D eigenvalue weighted by Crippen LogP contribution is -2.11. The van der Waals surface area contributed by atoms with Crippen LogP contribution in [-0.2, 0) is 10.0 Å². The third-order valence-corrected chi connectivity index (χ3v) is 5.16. The summed E-state index contributed by atoms with van der Waals surface area (Å²) >= 11 is 6.67. The molecular weight excluding hydrogens is 292 g/mol. The number of benzene rings is 1. The predicted octanol–water partition coefficient (Wildman–Crippen LogP) is 3.07. The van der Waals surface area contributed by atoms with Crippen molar-refractivity contribution in [2.45, 2.75) is 4.21 Å². The fourth-order valence-corrected chi connectivity index (χ4v) is 3.83. The molecular formula is C11H7ClN2O2S2. The van der Waals surface area contributed by atoms with Crippen molar-refractivity contribution in [3.05, 3.63) is 46.3 Å². The number of hydrogen-bond donors (Lipinski definition) is 1. The maximum absolute atomic E-state index is 12.0. The van der Waals surface area contributed by atoms with E-state index in [1.54, 1.807) is 18.2 Å². The second-order valence-corrected chi connectivity index (χ2v) is 6.98. The summed E-state index contributed by atoms with van der Waals surface area (Å²) in [6.45, 7) is 0. The summed E-state index contributed by atoms with van der Waals surface area (Å²) in [7, 11) is -3.64. The van der Waals surface area contributed by atoms with Gasteiger partial charge in [-0.25, -0.2) is 8.42 Å². The van der Waals surface area contributed by atoms with Gasteiger partial charge in [-0.2, -0.15) is 5.26 Å². The number of nitrogens with zero attached hydrogens (tertiary/aromatic N) is 1. The number of sulfonamides is 1. The van der Waals surface area contributed by atoms with Crippen LogP contribution in [0, 0.1) is 11.3 Å². The van der Waals surface area contributed by atoms with Gasteiger partial charge >= 0.3 is 0 Å². The lowest BCUT2D eigenvalue weighted by atomic mass is 10.2. The number of nitriles is 1. The first-order valence-corrected chi connectivity index (χ1v) is 7.47. The summed E-state index contributed by atoms with van der Waals surface area (Å²) in [5.74, 6) is 0. The van der Waals surface area contributed by atoms with Crippen LogP contribution in [0.3, 0.4) is 0 Å². The van der Waals surface area contributed by atoms with E-state index in [-0.39, 0.29) is 4.21 Å². The molecule has 1 N–H and O–H groups in total. The molecule has 0 saturated carbocycles. The van der Waals surface area contributed by atoms with Crippen LogP contribution in [0.4, 0.5) is 5.69 Å². The van der Waals surface area contributed by atoms with E-state index in [1.807, 2.05) is 6.07 Å². The van der Waals surface area contributed by atoms with Crippen molar-refractivity contribution >= 4 is 38.6 Å². The highest BCUT2D eigenvalue weighted by Crippen LogP contribution is 2.27. The summed E-state index contributed by atoms with van der Waals surface area (Å²) in [5.41, 5.74) is 0.734. The molecule has 0 saturated heterocycles. The standard InChI is InChI=1S/C11H7ClN2O2S2/c12-10-4-5-11(17-10)18(15,16)14-9-3-1-2-8(6-9)7-13/h1-6,14H. The van der Waals surface area contributed by atoms with Crippen molar-refractivity contribution in [1.29, 1.82) is 5.26 Å². The van der Waals surface area contributed by atoms with Gasteiger partial charge in [0.05, 0.1) is 21.7 Å². The van der Waals surface area contributed by atoms with Crippen LogP contribution < -0.4 is 4.72 Å². The summed E-state index contributed by atoms with van der Waals surface area (Å²) in [4.78, 5) is 0. The highest BCUT2D eigenvalue weighted by molar-refractivity contribution is 7.94. The minimum Gasteiger partial charge on any atom is -0.279 e. The fraction of sp³-hybridized carbons (Fsp3) is 0. The van der Waals surface area contributed by atoms with Gasteiger partial charge in [-0.05, 0) is 30.3 Å². The minimum atomic E-state index is -3.64. The van der Waals surface area contributed by atoms with Crippen LogP contribution in [0.2, 0.25) is 4.34 Å². The number of rotatable bonds is 3. The molecule has 0 unspecified atom stereocenters. The van der Waals surface area contributed by atoms with Crippen LogP contribution in [0.5, 0.6) is 0 Å². The molecule has 1 heterocycles. The molecule has 2 rings (SSSR count). The topological polar surface area (TPSA) is 70.0 Å². The third kappa shape index (κ3) is 2.82. The highest BCUT2D eigenvalue weighted by Gasteiger charge is 2.16. The molecule has 0 spiro atoms. The zero-order valence-corrected chi connectivity index (χ0v) is 11.3. The molecule has 0 atom stereocenters. The Labute approximate surface area is 114 Å². The Morgan fingerprint density at radius 3 is 2.67 bits per heavy atom. The zero-order valence-electron chi connectivity index (χ0n) is 8.92. The molecule has 1 aromatic heterocycles. The van der Waals surface area contributed by atoms with Crippen molar-refractivity contribution in [3.8, 4) is 6.07 Å². The van der Waals surface area contributed by atoms with Crippen LogP contribution in [0.25, 0.3) is 0 Å². The fourth-order valence-electron chi connectivity index (χ4n) is 1.30. The van der Waals surface area contributed by atoms with Gasteiger partial charge in [-0.15, -0.1) is 11.3 Å². The molecule has 0 radical (unpaired) electrons. The summed E-state index contributed by atoms with van der Waals surface area (Å²) in [5, 5.41) is 8.74. The van der Waals surface area contributed by atoms with Gasteiger partial charge in [0, 0.05) is 0 Å². The van der Waals surface area contributed by atoms with Crippen molar-refractivity contribution in [2.75, 3.05) is 4.72 Å². The normalized spacial score (nSPS) is 10.9. The van der Waals surface area contributed by atoms with E-state index in [2.05, 4.69) is 4.72 Å². The van der Waals surface area contributed by atoms with E-state index in [0.29, 0.717) is 15.6 Å². The van der Waals surface area contributed by atoms with E-state index < -0.39 is 10.0 Å². The van der Waals surface area contributed by atoms with Gasteiger partial charge in [-0.1, -0.05) is 17.7 Å². The molecule has 1 aromatic carbocycles. The van der Waals surface area contributed by atoms with Crippen LogP contribution in [0.15, 0.2) is 40.6 Å². The molecule has 0 aliphatic carbocycles. The van der Waals surface area contributed by atoms with Crippen molar-refractivity contribution in [3.63, 3.8) is 0 Å². The summed E-state index contributed by atoms with van der Waals surface area (Å²) in [6.07, 6.45) is 0. The number of nitrogens with one attached hydrogen (secondary N) is 1. The Morgan fingerprint density at radius 2 is 2.06 bits per heavy atom. The predicted molar refractivity (Wildman–Crippen MR) is 71.3 cm³/mol. The SMILES string of the molecule is N#Cc1cccc(NS(=O)(=O)c2ccc(Cl)s2)c1. The second kappa shape index (κ2) is 4.98. The molecule has 4 nitrogen and oxygen atoms in total. The highest BCUT2D eigenvalue weighted by atomic mass is 35.5. The average molecular weight is 299 g/mol.